The van der Waals surface area contributed by atoms with Crippen LogP contribution in [0.15, 0.2) is 29.9 Å². The molecule has 0 aliphatic heterocycles. The van der Waals surface area contributed by atoms with Crippen molar-refractivity contribution in [3.8, 4) is 0 Å². The van der Waals surface area contributed by atoms with Gasteiger partial charge in [0.1, 0.15) is 0 Å². The molecule has 4 heteroatoms. The van der Waals surface area contributed by atoms with Crippen molar-refractivity contribution < 1.29 is 4.79 Å². The van der Waals surface area contributed by atoms with E-state index in [9.17, 15) is 4.79 Å². The first-order valence-electron chi connectivity index (χ1n) is 6.36. The molecule has 0 atom stereocenters. The van der Waals surface area contributed by atoms with E-state index in [1.165, 1.54) is 4.88 Å². The molecule has 0 N–H and O–H groups in total. The Balaban J connectivity index is 2.18. The Hall–Kier alpha value is -1.68. The van der Waals surface area contributed by atoms with Crippen LogP contribution >= 0.6 is 11.3 Å². The highest BCUT2D eigenvalue weighted by molar-refractivity contribution is 7.10. The first kappa shape index (κ1) is 13.7. The molecule has 0 radical (unpaired) electrons. The third kappa shape index (κ3) is 3.01. The minimum atomic E-state index is 0.112. The van der Waals surface area contributed by atoms with Crippen LogP contribution in [0, 0.1) is 13.8 Å². The average Bonchev–Trinajstić information content (AvgIpc) is 2.77. The number of carbonyl (C=O) groups excluding carboxylic acids is 1. The van der Waals surface area contributed by atoms with E-state index < -0.39 is 0 Å². The van der Waals surface area contributed by atoms with Gasteiger partial charge in [0.05, 0.1) is 5.56 Å². The van der Waals surface area contributed by atoms with E-state index in [1.54, 1.807) is 23.7 Å². The molecule has 2 aromatic rings. The Morgan fingerprint density at radius 1 is 1.32 bits per heavy atom. The number of thiophene rings is 1. The summed E-state index contributed by atoms with van der Waals surface area (Å²) in [5, 5.41) is 1.96. The summed E-state index contributed by atoms with van der Waals surface area (Å²) in [6.45, 7) is 7.41. The van der Waals surface area contributed by atoms with Crippen molar-refractivity contribution in [1.82, 2.24) is 9.88 Å². The van der Waals surface area contributed by atoms with Crippen LogP contribution in [0.4, 0.5) is 0 Å². The van der Waals surface area contributed by atoms with Crippen LogP contribution in [-0.2, 0) is 6.54 Å². The van der Waals surface area contributed by atoms with Gasteiger partial charge in [-0.25, -0.2) is 0 Å². The SMILES string of the molecule is CCN(Cc1ccncc1)C(=O)c1csc(C)c1C. The molecule has 0 saturated carbocycles. The summed E-state index contributed by atoms with van der Waals surface area (Å²) in [4.78, 5) is 19.6. The second kappa shape index (κ2) is 5.97. The molecule has 2 heterocycles. The Kier molecular flexibility index (Phi) is 4.32. The number of carbonyl (C=O) groups is 1. The van der Waals surface area contributed by atoms with E-state index in [-0.39, 0.29) is 5.91 Å². The smallest absolute Gasteiger partial charge is 0.255 e. The highest BCUT2D eigenvalue weighted by Crippen LogP contribution is 2.22. The number of amides is 1. The summed E-state index contributed by atoms with van der Waals surface area (Å²) in [7, 11) is 0. The molecule has 0 aliphatic rings. The summed E-state index contributed by atoms with van der Waals surface area (Å²) in [5.74, 6) is 0.112. The average molecular weight is 274 g/mol. The summed E-state index contributed by atoms with van der Waals surface area (Å²) in [6, 6.07) is 3.89. The van der Waals surface area contributed by atoms with Crippen molar-refractivity contribution in [2.75, 3.05) is 6.54 Å². The monoisotopic (exact) mass is 274 g/mol. The third-order valence-electron chi connectivity index (χ3n) is 3.31. The fraction of sp³-hybridized carbons (Fsp3) is 0.333. The highest BCUT2D eigenvalue weighted by Gasteiger charge is 2.18. The number of rotatable bonds is 4. The predicted molar refractivity (Wildman–Crippen MR) is 78.4 cm³/mol. The van der Waals surface area contributed by atoms with Crippen LogP contribution in [0.1, 0.15) is 33.3 Å². The molecular formula is C15H18N2OS. The minimum Gasteiger partial charge on any atom is -0.335 e. The molecule has 0 bridgehead atoms. The summed E-state index contributed by atoms with van der Waals surface area (Å²) in [6.07, 6.45) is 3.52. The van der Waals surface area contributed by atoms with Crippen molar-refractivity contribution in [2.24, 2.45) is 0 Å². The lowest BCUT2D eigenvalue weighted by atomic mass is 10.1. The van der Waals surface area contributed by atoms with Gasteiger partial charge >= 0.3 is 0 Å². The van der Waals surface area contributed by atoms with Gasteiger partial charge in [0, 0.05) is 35.7 Å². The van der Waals surface area contributed by atoms with Crippen molar-refractivity contribution in [3.05, 3.63) is 51.5 Å². The van der Waals surface area contributed by atoms with E-state index in [1.807, 2.05) is 36.3 Å². The third-order valence-corrected chi connectivity index (χ3v) is 4.32. The first-order chi connectivity index (χ1) is 9.13. The highest BCUT2D eigenvalue weighted by atomic mass is 32.1. The molecule has 2 aromatic heterocycles. The zero-order valence-corrected chi connectivity index (χ0v) is 12.3. The maximum absolute atomic E-state index is 12.5. The van der Waals surface area contributed by atoms with Gasteiger partial charge in [0.25, 0.3) is 5.91 Å². The number of hydrogen-bond acceptors (Lipinski definition) is 3. The standard InChI is InChI=1S/C15H18N2OS/c1-4-17(9-13-5-7-16-8-6-13)15(18)14-10-19-12(3)11(14)2/h5-8,10H,4,9H2,1-3H3. The van der Waals surface area contributed by atoms with Gasteiger partial charge in [0.15, 0.2) is 0 Å². The molecule has 0 spiro atoms. The van der Waals surface area contributed by atoms with Gasteiger partial charge in [0.2, 0.25) is 0 Å². The fourth-order valence-electron chi connectivity index (χ4n) is 1.93. The Morgan fingerprint density at radius 3 is 2.53 bits per heavy atom. The lowest BCUT2D eigenvalue weighted by molar-refractivity contribution is 0.0752. The number of nitrogens with zero attached hydrogens (tertiary/aromatic N) is 2. The van der Waals surface area contributed by atoms with E-state index in [2.05, 4.69) is 11.9 Å². The summed E-state index contributed by atoms with van der Waals surface area (Å²) >= 11 is 1.64. The molecule has 3 nitrogen and oxygen atoms in total. The van der Waals surface area contributed by atoms with Crippen LogP contribution in [-0.4, -0.2) is 22.3 Å². The van der Waals surface area contributed by atoms with E-state index in [0.29, 0.717) is 13.1 Å². The fourth-order valence-corrected chi connectivity index (χ4v) is 2.79. The Morgan fingerprint density at radius 2 is 2.00 bits per heavy atom. The van der Waals surface area contributed by atoms with Crippen molar-refractivity contribution in [1.29, 1.82) is 0 Å². The maximum Gasteiger partial charge on any atom is 0.255 e. The van der Waals surface area contributed by atoms with Crippen LogP contribution in [0.25, 0.3) is 0 Å². The quantitative estimate of drug-likeness (QED) is 0.856. The zero-order valence-electron chi connectivity index (χ0n) is 11.5. The van der Waals surface area contributed by atoms with Gasteiger partial charge in [-0.15, -0.1) is 11.3 Å². The number of aryl methyl sites for hydroxylation is 1. The molecule has 1 amide bonds. The summed E-state index contributed by atoms with van der Waals surface area (Å²) in [5.41, 5.74) is 3.04. The Bertz CT molecular complexity index is 563. The Labute approximate surface area is 117 Å². The topological polar surface area (TPSA) is 33.2 Å². The number of pyridine rings is 1. The molecular weight excluding hydrogens is 256 g/mol. The van der Waals surface area contributed by atoms with E-state index in [0.717, 1.165) is 16.7 Å². The van der Waals surface area contributed by atoms with E-state index >= 15 is 0 Å². The zero-order chi connectivity index (χ0) is 13.8. The molecule has 0 aliphatic carbocycles. The number of aromatic nitrogens is 1. The largest absolute Gasteiger partial charge is 0.335 e. The van der Waals surface area contributed by atoms with Crippen LogP contribution in [0.5, 0.6) is 0 Å². The summed E-state index contributed by atoms with van der Waals surface area (Å²) < 4.78 is 0. The second-order valence-electron chi connectivity index (χ2n) is 4.51. The van der Waals surface area contributed by atoms with Gasteiger partial charge in [-0.3, -0.25) is 9.78 Å². The molecule has 0 aromatic carbocycles. The van der Waals surface area contributed by atoms with Crippen LogP contribution < -0.4 is 0 Å². The molecule has 0 saturated heterocycles. The van der Waals surface area contributed by atoms with Gasteiger partial charge in [-0.05, 0) is 44.0 Å². The van der Waals surface area contributed by atoms with Crippen LogP contribution in [0.3, 0.4) is 0 Å². The molecule has 0 unspecified atom stereocenters. The van der Waals surface area contributed by atoms with Gasteiger partial charge < -0.3 is 4.90 Å². The van der Waals surface area contributed by atoms with Crippen molar-refractivity contribution >= 4 is 17.2 Å². The minimum absolute atomic E-state index is 0.112. The first-order valence-corrected chi connectivity index (χ1v) is 7.24. The number of hydrogen-bond donors (Lipinski definition) is 0. The van der Waals surface area contributed by atoms with Gasteiger partial charge in [-0.2, -0.15) is 0 Å². The predicted octanol–water partition coefficient (Wildman–Crippen LogP) is 3.42. The molecule has 0 fully saturated rings. The maximum atomic E-state index is 12.5. The lowest BCUT2D eigenvalue weighted by Gasteiger charge is -2.21. The van der Waals surface area contributed by atoms with Crippen molar-refractivity contribution in [3.63, 3.8) is 0 Å². The van der Waals surface area contributed by atoms with E-state index in [4.69, 9.17) is 0 Å². The molecule has 2 rings (SSSR count). The normalized spacial score (nSPS) is 10.5. The molecule has 19 heavy (non-hydrogen) atoms. The van der Waals surface area contributed by atoms with Gasteiger partial charge in [-0.1, -0.05) is 0 Å². The second-order valence-corrected chi connectivity index (χ2v) is 5.59. The van der Waals surface area contributed by atoms with Crippen molar-refractivity contribution in [2.45, 2.75) is 27.3 Å². The molecule has 100 valence electrons. The van der Waals surface area contributed by atoms with Crippen LogP contribution in [0.2, 0.25) is 0 Å². The lowest BCUT2D eigenvalue weighted by Crippen LogP contribution is -2.30.